The van der Waals surface area contributed by atoms with Gasteiger partial charge in [0, 0.05) is 12.5 Å². The molecule has 0 spiro atoms. The lowest BCUT2D eigenvalue weighted by molar-refractivity contribution is -0.108. The molecule has 1 rings (SSSR count). The molecule has 0 aliphatic heterocycles. The zero-order valence-corrected chi connectivity index (χ0v) is 7.18. The van der Waals surface area contributed by atoms with Crippen LogP contribution in [0.4, 0.5) is 0 Å². The monoisotopic (exact) mass is 155 g/mol. The maximum atomic E-state index is 10.2. The predicted molar refractivity (Wildman–Crippen MR) is 45.5 cm³/mol. The molecule has 2 nitrogen and oxygen atoms in total. The van der Waals surface area contributed by atoms with Gasteiger partial charge in [-0.2, -0.15) is 0 Å². The molecule has 0 bridgehead atoms. The average molecular weight is 155 g/mol. The molecule has 0 radical (unpaired) electrons. The van der Waals surface area contributed by atoms with E-state index in [0.29, 0.717) is 12.0 Å². The summed E-state index contributed by atoms with van der Waals surface area (Å²) in [5.41, 5.74) is 0. The Bertz CT molecular complexity index is 117. The topological polar surface area (TPSA) is 29.1 Å². The van der Waals surface area contributed by atoms with Crippen molar-refractivity contribution in [3.63, 3.8) is 0 Å². The Hall–Kier alpha value is -0.370. The van der Waals surface area contributed by atoms with Crippen LogP contribution in [0.15, 0.2) is 0 Å². The van der Waals surface area contributed by atoms with Crippen molar-refractivity contribution in [3.8, 4) is 0 Å². The highest BCUT2D eigenvalue weighted by atomic mass is 16.1. The molecule has 0 heterocycles. The maximum Gasteiger partial charge on any atom is 0.120 e. The Morgan fingerprint density at radius 3 is 2.45 bits per heavy atom. The van der Waals surface area contributed by atoms with Gasteiger partial charge in [-0.15, -0.1) is 0 Å². The molecule has 0 saturated heterocycles. The fourth-order valence-corrected chi connectivity index (χ4v) is 1.82. The molecule has 2 heteroatoms. The van der Waals surface area contributed by atoms with Crippen LogP contribution in [0.25, 0.3) is 0 Å². The third-order valence-electron chi connectivity index (χ3n) is 2.68. The summed E-state index contributed by atoms with van der Waals surface area (Å²) in [5, 5.41) is 3.28. The molecule has 1 aliphatic carbocycles. The minimum absolute atomic E-state index is 0.678. The van der Waals surface area contributed by atoms with Crippen LogP contribution in [-0.4, -0.2) is 19.4 Å². The summed E-state index contributed by atoms with van der Waals surface area (Å²) in [6, 6.07) is 0.706. The molecule has 0 atom stereocenters. The van der Waals surface area contributed by atoms with E-state index >= 15 is 0 Å². The number of carbonyl (C=O) groups excluding carboxylic acids is 1. The first-order chi connectivity index (χ1) is 5.36. The van der Waals surface area contributed by atoms with Crippen LogP contribution in [0.1, 0.15) is 32.1 Å². The third-order valence-corrected chi connectivity index (χ3v) is 2.68. The van der Waals surface area contributed by atoms with E-state index in [1.165, 1.54) is 25.7 Å². The molecule has 0 amide bonds. The van der Waals surface area contributed by atoms with Crippen LogP contribution in [-0.2, 0) is 4.79 Å². The van der Waals surface area contributed by atoms with Gasteiger partial charge in [0.1, 0.15) is 6.29 Å². The highest BCUT2D eigenvalue weighted by Crippen LogP contribution is 2.25. The SMILES string of the molecule is CNC1CCC(CC=O)CC1. The Kier molecular flexibility index (Phi) is 3.57. The molecule has 0 aromatic heterocycles. The van der Waals surface area contributed by atoms with Crippen LogP contribution < -0.4 is 5.32 Å². The second kappa shape index (κ2) is 4.50. The lowest BCUT2D eigenvalue weighted by atomic mass is 9.84. The molecule has 1 N–H and O–H groups in total. The largest absolute Gasteiger partial charge is 0.317 e. The van der Waals surface area contributed by atoms with E-state index in [4.69, 9.17) is 0 Å². The van der Waals surface area contributed by atoms with Crippen molar-refractivity contribution in [1.29, 1.82) is 0 Å². The van der Waals surface area contributed by atoms with Gasteiger partial charge in [0.15, 0.2) is 0 Å². The normalized spacial score (nSPS) is 31.7. The molecule has 1 aliphatic rings. The number of nitrogens with one attached hydrogen (secondary N) is 1. The summed E-state index contributed by atoms with van der Waals surface area (Å²) in [6.07, 6.45) is 6.78. The summed E-state index contributed by atoms with van der Waals surface area (Å²) in [4.78, 5) is 10.2. The van der Waals surface area contributed by atoms with Crippen LogP contribution in [0.3, 0.4) is 0 Å². The number of hydrogen-bond donors (Lipinski definition) is 1. The predicted octanol–water partition coefficient (Wildman–Crippen LogP) is 1.35. The Morgan fingerprint density at radius 1 is 1.36 bits per heavy atom. The second-order valence-corrected chi connectivity index (χ2v) is 3.41. The van der Waals surface area contributed by atoms with Crippen molar-refractivity contribution < 1.29 is 4.79 Å². The van der Waals surface area contributed by atoms with Crippen molar-refractivity contribution in [2.45, 2.75) is 38.1 Å². The Morgan fingerprint density at radius 2 is 2.00 bits per heavy atom. The highest BCUT2D eigenvalue weighted by Gasteiger charge is 2.18. The quantitative estimate of drug-likeness (QED) is 0.623. The first-order valence-corrected chi connectivity index (χ1v) is 4.47. The molecule has 0 unspecified atom stereocenters. The number of carbonyl (C=O) groups is 1. The molecule has 11 heavy (non-hydrogen) atoms. The van der Waals surface area contributed by atoms with Crippen LogP contribution in [0, 0.1) is 5.92 Å². The van der Waals surface area contributed by atoms with E-state index in [2.05, 4.69) is 5.32 Å². The molecule has 0 aromatic carbocycles. The maximum absolute atomic E-state index is 10.2. The van der Waals surface area contributed by atoms with Crippen molar-refractivity contribution in [2.24, 2.45) is 5.92 Å². The van der Waals surface area contributed by atoms with E-state index in [1.807, 2.05) is 7.05 Å². The lowest BCUT2D eigenvalue weighted by Gasteiger charge is -2.26. The fourth-order valence-electron chi connectivity index (χ4n) is 1.82. The zero-order chi connectivity index (χ0) is 8.10. The molecular weight excluding hydrogens is 138 g/mol. The average Bonchev–Trinajstić information content (AvgIpc) is 2.07. The summed E-state index contributed by atoms with van der Waals surface area (Å²) in [7, 11) is 2.02. The van der Waals surface area contributed by atoms with Crippen LogP contribution >= 0.6 is 0 Å². The third kappa shape index (κ3) is 2.62. The van der Waals surface area contributed by atoms with Gasteiger partial charge in [0.25, 0.3) is 0 Å². The van der Waals surface area contributed by atoms with E-state index in [1.54, 1.807) is 0 Å². The van der Waals surface area contributed by atoms with Gasteiger partial charge in [-0.25, -0.2) is 0 Å². The van der Waals surface area contributed by atoms with Gasteiger partial charge in [0.05, 0.1) is 0 Å². The standard InChI is InChI=1S/C9H17NO/c1-10-9-4-2-8(3-5-9)6-7-11/h7-10H,2-6H2,1H3. The number of rotatable bonds is 3. The van der Waals surface area contributed by atoms with Crippen molar-refractivity contribution in [1.82, 2.24) is 5.32 Å². The van der Waals surface area contributed by atoms with E-state index in [9.17, 15) is 4.79 Å². The molecule has 0 aromatic rings. The van der Waals surface area contributed by atoms with Crippen LogP contribution in [0.2, 0.25) is 0 Å². The molecular formula is C9H17NO. The van der Waals surface area contributed by atoms with Crippen molar-refractivity contribution in [2.75, 3.05) is 7.05 Å². The summed E-state index contributed by atoms with van der Waals surface area (Å²) >= 11 is 0. The smallest absolute Gasteiger partial charge is 0.120 e. The number of hydrogen-bond acceptors (Lipinski definition) is 2. The molecule has 1 saturated carbocycles. The van der Waals surface area contributed by atoms with Gasteiger partial charge in [-0.3, -0.25) is 0 Å². The van der Waals surface area contributed by atoms with E-state index < -0.39 is 0 Å². The van der Waals surface area contributed by atoms with E-state index in [0.717, 1.165) is 12.7 Å². The minimum Gasteiger partial charge on any atom is -0.317 e. The summed E-state index contributed by atoms with van der Waals surface area (Å²) in [5.74, 6) is 0.678. The van der Waals surface area contributed by atoms with E-state index in [-0.39, 0.29) is 0 Å². The summed E-state index contributed by atoms with van der Waals surface area (Å²) < 4.78 is 0. The molecule has 64 valence electrons. The second-order valence-electron chi connectivity index (χ2n) is 3.41. The van der Waals surface area contributed by atoms with Crippen molar-refractivity contribution in [3.05, 3.63) is 0 Å². The Balaban J connectivity index is 2.18. The minimum atomic E-state index is 0.678. The van der Waals surface area contributed by atoms with Gasteiger partial charge in [0.2, 0.25) is 0 Å². The van der Waals surface area contributed by atoms with Crippen molar-refractivity contribution >= 4 is 6.29 Å². The zero-order valence-electron chi connectivity index (χ0n) is 7.18. The van der Waals surface area contributed by atoms with Gasteiger partial charge in [-0.1, -0.05) is 0 Å². The lowest BCUT2D eigenvalue weighted by Crippen LogP contribution is -2.30. The van der Waals surface area contributed by atoms with Crippen LogP contribution in [0.5, 0.6) is 0 Å². The molecule has 1 fully saturated rings. The first-order valence-electron chi connectivity index (χ1n) is 4.47. The summed E-state index contributed by atoms with van der Waals surface area (Å²) in [6.45, 7) is 0. The first kappa shape index (κ1) is 8.72. The van der Waals surface area contributed by atoms with Gasteiger partial charge >= 0.3 is 0 Å². The fraction of sp³-hybridized carbons (Fsp3) is 0.889. The van der Waals surface area contributed by atoms with Gasteiger partial charge < -0.3 is 10.1 Å². The Labute approximate surface area is 68.4 Å². The van der Waals surface area contributed by atoms with Gasteiger partial charge in [-0.05, 0) is 38.6 Å². The number of aldehydes is 1. The highest BCUT2D eigenvalue weighted by molar-refractivity contribution is 5.49.